The van der Waals surface area contributed by atoms with Crippen LogP contribution in [0.2, 0.25) is 0 Å². The molecule has 0 bridgehead atoms. The molecule has 4 N–H and O–H groups in total. The van der Waals surface area contributed by atoms with Gasteiger partial charge < -0.3 is 11.1 Å². The van der Waals surface area contributed by atoms with Crippen LogP contribution >= 0.6 is 0 Å². The lowest BCUT2D eigenvalue weighted by molar-refractivity contribution is -0.122. The van der Waals surface area contributed by atoms with Gasteiger partial charge in [-0.25, -0.2) is 9.67 Å². The first-order valence-corrected chi connectivity index (χ1v) is 4.98. The predicted octanol–water partition coefficient (Wildman–Crippen LogP) is -1.83. The lowest BCUT2D eigenvalue weighted by Gasteiger charge is -2.02. The van der Waals surface area contributed by atoms with Crippen LogP contribution in [0.25, 0.3) is 0 Å². The van der Waals surface area contributed by atoms with Crippen molar-refractivity contribution < 1.29 is 4.79 Å². The largest absolute Gasteiger partial charge is 0.347 e. The van der Waals surface area contributed by atoms with E-state index in [1.807, 2.05) is 0 Å². The van der Waals surface area contributed by atoms with Crippen LogP contribution in [-0.4, -0.2) is 36.1 Å². The van der Waals surface area contributed by atoms with Crippen molar-refractivity contribution in [2.75, 3.05) is 0 Å². The molecule has 2 aromatic heterocycles. The Hall–Kier alpha value is -2.29. The van der Waals surface area contributed by atoms with Crippen molar-refractivity contribution in [1.29, 1.82) is 0 Å². The van der Waals surface area contributed by atoms with E-state index in [1.54, 1.807) is 6.20 Å². The highest BCUT2D eigenvalue weighted by Gasteiger charge is 2.05. The van der Waals surface area contributed by atoms with E-state index in [0.717, 1.165) is 0 Å². The first-order valence-electron chi connectivity index (χ1n) is 4.98. The van der Waals surface area contributed by atoms with E-state index in [9.17, 15) is 4.79 Å². The summed E-state index contributed by atoms with van der Waals surface area (Å²) >= 11 is 0. The smallest absolute Gasteiger partial charge is 0.242 e. The standard InChI is InChI=1S/C8H12N8O/c9-1-6-3-16(15-13-6)4-8(17)10-2-7-11-5-12-14-7/h3,5H,1-2,4,9H2,(H,10,17)(H,11,12,14). The number of hydrogen-bond acceptors (Lipinski definition) is 6. The number of aromatic nitrogens is 6. The van der Waals surface area contributed by atoms with Gasteiger partial charge >= 0.3 is 0 Å². The number of carbonyl (C=O) groups excluding carboxylic acids is 1. The molecule has 0 spiro atoms. The molecule has 17 heavy (non-hydrogen) atoms. The first-order chi connectivity index (χ1) is 8.28. The normalized spacial score (nSPS) is 10.4. The van der Waals surface area contributed by atoms with Gasteiger partial charge in [-0.15, -0.1) is 5.10 Å². The van der Waals surface area contributed by atoms with Crippen LogP contribution in [-0.2, 0) is 24.4 Å². The molecule has 0 fully saturated rings. The van der Waals surface area contributed by atoms with Gasteiger partial charge in [0.05, 0.1) is 18.4 Å². The minimum Gasteiger partial charge on any atom is -0.347 e. The van der Waals surface area contributed by atoms with E-state index in [0.29, 0.717) is 24.6 Å². The zero-order valence-electron chi connectivity index (χ0n) is 9.00. The van der Waals surface area contributed by atoms with Gasteiger partial charge in [0.15, 0.2) is 0 Å². The fourth-order valence-electron chi connectivity index (χ4n) is 1.21. The van der Waals surface area contributed by atoms with Gasteiger partial charge in [0.1, 0.15) is 18.7 Å². The molecule has 0 aliphatic carbocycles. The van der Waals surface area contributed by atoms with Crippen LogP contribution in [0.3, 0.4) is 0 Å². The Kier molecular flexibility index (Phi) is 3.40. The molecular formula is C8H12N8O. The van der Waals surface area contributed by atoms with Crippen molar-refractivity contribution in [2.24, 2.45) is 5.73 Å². The zero-order chi connectivity index (χ0) is 12.1. The summed E-state index contributed by atoms with van der Waals surface area (Å²) in [5, 5.41) is 16.5. The number of nitrogens with one attached hydrogen (secondary N) is 2. The third kappa shape index (κ3) is 3.08. The minimum atomic E-state index is -0.185. The molecule has 0 aliphatic rings. The summed E-state index contributed by atoms with van der Waals surface area (Å²) in [6.45, 7) is 0.706. The second-order valence-corrected chi connectivity index (χ2v) is 3.32. The lowest BCUT2D eigenvalue weighted by Crippen LogP contribution is -2.27. The van der Waals surface area contributed by atoms with Gasteiger partial charge in [0.2, 0.25) is 5.91 Å². The Morgan fingerprint density at radius 3 is 3.12 bits per heavy atom. The maximum Gasteiger partial charge on any atom is 0.242 e. The summed E-state index contributed by atoms with van der Waals surface area (Å²) in [7, 11) is 0. The number of nitrogens with two attached hydrogens (primary N) is 1. The van der Waals surface area contributed by atoms with E-state index in [4.69, 9.17) is 5.73 Å². The van der Waals surface area contributed by atoms with Crippen molar-refractivity contribution in [3.8, 4) is 0 Å². The van der Waals surface area contributed by atoms with Gasteiger partial charge in [-0.05, 0) is 0 Å². The molecule has 0 atom stereocenters. The summed E-state index contributed by atoms with van der Waals surface area (Å²) in [5.74, 6) is 0.412. The Bertz CT molecular complexity index is 475. The maximum atomic E-state index is 11.5. The number of hydrogen-bond donors (Lipinski definition) is 3. The second kappa shape index (κ2) is 5.16. The molecule has 2 aromatic rings. The van der Waals surface area contributed by atoms with Crippen molar-refractivity contribution >= 4 is 5.91 Å². The molecule has 90 valence electrons. The minimum absolute atomic E-state index is 0.0984. The molecule has 0 radical (unpaired) electrons. The average molecular weight is 236 g/mol. The SMILES string of the molecule is NCc1cn(CC(=O)NCc2ncn[nH]2)nn1. The molecule has 1 amide bonds. The van der Waals surface area contributed by atoms with Crippen molar-refractivity contribution in [1.82, 2.24) is 35.5 Å². The molecular weight excluding hydrogens is 224 g/mol. The molecule has 0 saturated heterocycles. The summed E-state index contributed by atoms with van der Waals surface area (Å²) in [5.41, 5.74) is 6.03. The van der Waals surface area contributed by atoms with Crippen LogP contribution < -0.4 is 11.1 Å². The third-order valence-electron chi connectivity index (χ3n) is 2.02. The van der Waals surface area contributed by atoms with E-state index >= 15 is 0 Å². The first kappa shape index (κ1) is 11.2. The fourth-order valence-corrected chi connectivity index (χ4v) is 1.21. The van der Waals surface area contributed by atoms with Gasteiger partial charge in [-0.2, -0.15) is 5.10 Å². The molecule has 0 unspecified atom stereocenters. The molecule has 9 heteroatoms. The fraction of sp³-hybridized carbons (Fsp3) is 0.375. The van der Waals surface area contributed by atoms with E-state index < -0.39 is 0 Å². The van der Waals surface area contributed by atoms with Crippen LogP contribution in [0.15, 0.2) is 12.5 Å². The maximum absolute atomic E-state index is 11.5. The molecule has 0 aromatic carbocycles. The Balaban J connectivity index is 1.81. The van der Waals surface area contributed by atoms with Crippen molar-refractivity contribution in [2.45, 2.75) is 19.6 Å². The third-order valence-corrected chi connectivity index (χ3v) is 2.02. The monoisotopic (exact) mass is 236 g/mol. The Morgan fingerprint density at radius 1 is 1.59 bits per heavy atom. The highest BCUT2D eigenvalue weighted by atomic mass is 16.2. The topological polar surface area (TPSA) is 127 Å². The highest BCUT2D eigenvalue weighted by Crippen LogP contribution is 1.91. The average Bonchev–Trinajstić information content (AvgIpc) is 2.97. The number of nitrogens with zero attached hydrogens (tertiary/aromatic N) is 5. The quantitative estimate of drug-likeness (QED) is 0.560. The van der Waals surface area contributed by atoms with Crippen molar-refractivity contribution in [3.05, 3.63) is 24.0 Å². The van der Waals surface area contributed by atoms with Crippen LogP contribution in [0.1, 0.15) is 11.5 Å². The summed E-state index contributed by atoms with van der Waals surface area (Å²) in [6.07, 6.45) is 3.01. The molecule has 2 rings (SSSR count). The summed E-state index contributed by atoms with van der Waals surface area (Å²) < 4.78 is 1.43. The Morgan fingerprint density at radius 2 is 2.47 bits per heavy atom. The number of aromatic amines is 1. The van der Waals surface area contributed by atoms with Gasteiger partial charge in [0.25, 0.3) is 0 Å². The van der Waals surface area contributed by atoms with E-state index in [1.165, 1.54) is 11.0 Å². The summed E-state index contributed by atoms with van der Waals surface area (Å²) in [4.78, 5) is 15.4. The van der Waals surface area contributed by atoms with Gasteiger partial charge in [-0.1, -0.05) is 5.21 Å². The van der Waals surface area contributed by atoms with Gasteiger partial charge in [0, 0.05) is 6.54 Å². The lowest BCUT2D eigenvalue weighted by atomic mass is 10.5. The Labute approximate surface area is 96.4 Å². The molecule has 9 nitrogen and oxygen atoms in total. The number of H-pyrrole nitrogens is 1. The summed E-state index contributed by atoms with van der Waals surface area (Å²) in [6, 6.07) is 0. The zero-order valence-corrected chi connectivity index (χ0v) is 9.00. The predicted molar refractivity (Wildman–Crippen MR) is 56.1 cm³/mol. The van der Waals surface area contributed by atoms with E-state index in [2.05, 4.69) is 30.8 Å². The molecule has 2 heterocycles. The van der Waals surface area contributed by atoms with Crippen LogP contribution in [0, 0.1) is 0 Å². The van der Waals surface area contributed by atoms with Crippen molar-refractivity contribution in [3.63, 3.8) is 0 Å². The van der Waals surface area contributed by atoms with Crippen LogP contribution in [0.5, 0.6) is 0 Å². The number of carbonyl (C=O) groups is 1. The second-order valence-electron chi connectivity index (χ2n) is 3.32. The van der Waals surface area contributed by atoms with E-state index in [-0.39, 0.29) is 12.5 Å². The van der Waals surface area contributed by atoms with Crippen LogP contribution in [0.4, 0.5) is 0 Å². The number of amides is 1. The van der Waals surface area contributed by atoms with Gasteiger partial charge in [-0.3, -0.25) is 9.89 Å². The molecule has 0 saturated carbocycles. The highest BCUT2D eigenvalue weighted by molar-refractivity contribution is 5.75. The number of rotatable bonds is 5. The molecule has 0 aliphatic heterocycles.